The van der Waals surface area contributed by atoms with E-state index in [2.05, 4.69) is 4.98 Å². The van der Waals surface area contributed by atoms with Crippen molar-refractivity contribution in [3.8, 4) is 5.75 Å². The number of nitrogens with zero attached hydrogens (tertiary/aromatic N) is 2. The molecule has 1 aromatic carbocycles. The van der Waals surface area contributed by atoms with Gasteiger partial charge < -0.3 is 4.74 Å². The highest BCUT2D eigenvalue weighted by atomic mass is 35.5. The van der Waals surface area contributed by atoms with Gasteiger partial charge in [0.05, 0.1) is 22.7 Å². The lowest BCUT2D eigenvalue weighted by molar-refractivity contribution is -0.113. The Bertz CT molecular complexity index is 809. The van der Waals surface area contributed by atoms with Crippen LogP contribution in [-0.4, -0.2) is 22.3 Å². The fourth-order valence-corrected chi connectivity index (χ4v) is 3.65. The van der Waals surface area contributed by atoms with E-state index in [9.17, 15) is 4.79 Å². The number of hydrogen-bond donors (Lipinski definition) is 0. The maximum atomic E-state index is 12.6. The molecule has 0 saturated carbocycles. The average Bonchev–Trinajstić information content (AvgIpc) is 2.82. The van der Waals surface area contributed by atoms with Crippen molar-refractivity contribution in [2.24, 2.45) is 0 Å². The largest absolute Gasteiger partial charge is 0.495 e. The molecule has 1 aliphatic heterocycles. The molecule has 2 aromatic rings. The van der Waals surface area contributed by atoms with Crippen molar-refractivity contribution in [1.82, 2.24) is 4.98 Å². The molecule has 0 unspecified atom stereocenters. The van der Waals surface area contributed by atoms with Gasteiger partial charge in [-0.15, -0.1) is 0 Å². The van der Waals surface area contributed by atoms with Gasteiger partial charge in [-0.05, 0) is 35.9 Å². The van der Waals surface area contributed by atoms with Gasteiger partial charge in [-0.2, -0.15) is 0 Å². The topological polar surface area (TPSA) is 42.4 Å². The summed E-state index contributed by atoms with van der Waals surface area (Å²) in [5.41, 5.74) is 1.47. The number of thioether (sulfide) groups is 1. The van der Waals surface area contributed by atoms with Gasteiger partial charge in [-0.1, -0.05) is 41.6 Å². The van der Waals surface area contributed by atoms with Crippen LogP contribution >= 0.6 is 35.6 Å². The van der Waals surface area contributed by atoms with E-state index in [-0.39, 0.29) is 5.91 Å². The van der Waals surface area contributed by atoms with Crippen LogP contribution in [0.15, 0.2) is 47.6 Å². The molecule has 1 aromatic heterocycles. The van der Waals surface area contributed by atoms with E-state index in [1.807, 2.05) is 12.1 Å². The minimum Gasteiger partial charge on any atom is -0.495 e. The molecule has 4 nitrogen and oxygen atoms in total. The predicted molar refractivity (Wildman–Crippen MR) is 97.9 cm³/mol. The summed E-state index contributed by atoms with van der Waals surface area (Å²) in [6.07, 6.45) is 5.15. The molecule has 2 heterocycles. The van der Waals surface area contributed by atoms with Crippen LogP contribution in [0.2, 0.25) is 5.02 Å². The summed E-state index contributed by atoms with van der Waals surface area (Å²) in [6, 6.07) is 8.82. The first-order chi connectivity index (χ1) is 11.1. The lowest BCUT2D eigenvalue weighted by atomic mass is 10.2. The van der Waals surface area contributed by atoms with Crippen molar-refractivity contribution in [3.63, 3.8) is 0 Å². The quantitative estimate of drug-likeness (QED) is 0.606. The average molecular weight is 363 g/mol. The zero-order chi connectivity index (χ0) is 16.4. The number of carbonyl (C=O) groups is 1. The van der Waals surface area contributed by atoms with E-state index >= 15 is 0 Å². The second-order valence-electron chi connectivity index (χ2n) is 4.62. The molecule has 0 aliphatic carbocycles. The van der Waals surface area contributed by atoms with Crippen LogP contribution in [-0.2, 0) is 4.79 Å². The van der Waals surface area contributed by atoms with E-state index in [1.165, 1.54) is 23.8 Å². The van der Waals surface area contributed by atoms with Crippen molar-refractivity contribution >= 4 is 57.6 Å². The number of aromatic nitrogens is 1. The second-order valence-corrected chi connectivity index (χ2v) is 6.71. The smallest absolute Gasteiger partial charge is 0.270 e. The molecule has 0 spiro atoms. The SMILES string of the molecule is COc1ccc(N2C(=O)C(=Cc3cccnc3)SC2=S)cc1Cl. The van der Waals surface area contributed by atoms with E-state index in [0.717, 1.165) is 5.56 Å². The molecule has 1 saturated heterocycles. The van der Waals surface area contributed by atoms with Crippen molar-refractivity contribution < 1.29 is 9.53 Å². The van der Waals surface area contributed by atoms with Gasteiger partial charge in [0.25, 0.3) is 5.91 Å². The maximum Gasteiger partial charge on any atom is 0.270 e. The monoisotopic (exact) mass is 362 g/mol. The normalized spacial score (nSPS) is 16.3. The molecule has 23 heavy (non-hydrogen) atoms. The van der Waals surface area contributed by atoms with Crippen LogP contribution in [0.3, 0.4) is 0 Å². The number of hydrogen-bond acceptors (Lipinski definition) is 5. The summed E-state index contributed by atoms with van der Waals surface area (Å²) in [7, 11) is 1.54. The zero-order valence-electron chi connectivity index (χ0n) is 12.0. The Morgan fingerprint density at radius 3 is 2.87 bits per heavy atom. The third-order valence-corrected chi connectivity index (χ3v) is 4.77. The number of pyridine rings is 1. The van der Waals surface area contributed by atoms with Gasteiger partial charge in [-0.25, -0.2) is 0 Å². The third-order valence-electron chi connectivity index (χ3n) is 3.17. The summed E-state index contributed by atoms with van der Waals surface area (Å²) in [6.45, 7) is 0. The van der Waals surface area contributed by atoms with E-state index in [1.54, 1.807) is 36.7 Å². The van der Waals surface area contributed by atoms with Crippen LogP contribution in [0.25, 0.3) is 6.08 Å². The summed E-state index contributed by atoms with van der Waals surface area (Å²) in [4.78, 5) is 18.7. The van der Waals surface area contributed by atoms with Crippen LogP contribution < -0.4 is 9.64 Å². The Labute approximate surface area is 148 Å². The van der Waals surface area contributed by atoms with Crippen LogP contribution in [0.4, 0.5) is 5.69 Å². The summed E-state index contributed by atoms with van der Waals surface area (Å²) in [5.74, 6) is 0.372. The highest BCUT2D eigenvalue weighted by molar-refractivity contribution is 8.27. The Balaban J connectivity index is 1.93. The number of anilines is 1. The molecule has 7 heteroatoms. The summed E-state index contributed by atoms with van der Waals surface area (Å²) < 4.78 is 5.59. The fourth-order valence-electron chi connectivity index (χ4n) is 2.10. The molecule has 1 aliphatic rings. The van der Waals surface area contributed by atoms with Gasteiger partial charge in [0, 0.05) is 12.4 Å². The molecule has 0 N–H and O–H groups in total. The molecular formula is C16H11ClN2O2S2. The number of halogens is 1. The van der Waals surface area contributed by atoms with Crippen LogP contribution in [0, 0.1) is 0 Å². The Hall–Kier alpha value is -1.89. The van der Waals surface area contributed by atoms with Crippen LogP contribution in [0.1, 0.15) is 5.56 Å². The zero-order valence-corrected chi connectivity index (χ0v) is 14.4. The molecule has 116 valence electrons. The number of carbonyl (C=O) groups excluding carboxylic acids is 1. The maximum absolute atomic E-state index is 12.6. The fraction of sp³-hybridized carbons (Fsp3) is 0.0625. The Kier molecular flexibility index (Phi) is 4.66. The Morgan fingerprint density at radius 1 is 1.39 bits per heavy atom. The molecule has 1 amide bonds. The van der Waals surface area contributed by atoms with Gasteiger partial charge in [-0.3, -0.25) is 14.7 Å². The van der Waals surface area contributed by atoms with Gasteiger partial charge in [0.2, 0.25) is 0 Å². The number of methoxy groups -OCH3 is 1. The highest BCUT2D eigenvalue weighted by Gasteiger charge is 2.33. The first-order valence-electron chi connectivity index (χ1n) is 6.61. The molecular weight excluding hydrogens is 352 g/mol. The number of thiocarbonyl (C=S) groups is 1. The first-order valence-corrected chi connectivity index (χ1v) is 8.22. The first kappa shape index (κ1) is 16.0. The Morgan fingerprint density at radius 2 is 2.22 bits per heavy atom. The predicted octanol–water partition coefficient (Wildman–Crippen LogP) is 4.15. The van der Waals surface area contributed by atoms with Gasteiger partial charge >= 0.3 is 0 Å². The second kappa shape index (κ2) is 6.70. The van der Waals surface area contributed by atoms with Gasteiger partial charge in [0.1, 0.15) is 5.75 Å². The number of rotatable bonds is 3. The molecule has 3 rings (SSSR count). The lowest BCUT2D eigenvalue weighted by Crippen LogP contribution is -2.27. The molecule has 0 bridgehead atoms. The third kappa shape index (κ3) is 3.24. The number of amides is 1. The summed E-state index contributed by atoms with van der Waals surface area (Å²) in [5, 5.41) is 0.426. The highest BCUT2D eigenvalue weighted by Crippen LogP contribution is 2.38. The van der Waals surface area contributed by atoms with E-state index in [4.69, 9.17) is 28.6 Å². The minimum atomic E-state index is -0.176. The van der Waals surface area contributed by atoms with Crippen molar-refractivity contribution in [1.29, 1.82) is 0 Å². The van der Waals surface area contributed by atoms with Crippen molar-refractivity contribution in [3.05, 3.63) is 58.2 Å². The number of benzene rings is 1. The van der Waals surface area contributed by atoms with Gasteiger partial charge in [0.15, 0.2) is 4.32 Å². The summed E-state index contributed by atoms with van der Waals surface area (Å²) >= 11 is 12.7. The molecule has 1 fully saturated rings. The van der Waals surface area contributed by atoms with Crippen molar-refractivity contribution in [2.45, 2.75) is 0 Å². The number of ether oxygens (including phenoxy) is 1. The van der Waals surface area contributed by atoms with Crippen LogP contribution in [0.5, 0.6) is 5.75 Å². The van der Waals surface area contributed by atoms with E-state index < -0.39 is 0 Å². The standard InChI is InChI=1S/C16H11ClN2O2S2/c1-21-13-5-4-11(8-12(13)17)19-15(20)14(23-16(19)22)7-10-3-2-6-18-9-10/h2-9H,1H3. The van der Waals surface area contributed by atoms with Crippen molar-refractivity contribution in [2.75, 3.05) is 12.0 Å². The molecule has 0 atom stereocenters. The molecule has 0 radical (unpaired) electrons. The minimum absolute atomic E-state index is 0.176. The van der Waals surface area contributed by atoms with E-state index in [0.29, 0.717) is 25.7 Å². The lowest BCUT2D eigenvalue weighted by Gasteiger charge is -2.15.